The van der Waals surface area contributed by atoms with Crippen molar-refractivity contribution in [2.24, 2.45) is 0 Å². The van der Waals surface area contributed by atoms with Crippen LogP contribution in [0.4, 0.5) is 0 Å². The van der Waals surface area contributed by atoms with Crippen molar-refractivity contribution >= 4 is 0 Å². The molecule has 2 atom stereocenters. The average Bonchev–Trinajstić information content (AvgIpc) is 2.44. The van der Waals surface area contributed by atoms with Gasteiger partial charge in [0, 0.05) is 0 Å². The molecular weight excluding hydrogens is 248 g/mol. The molecule has 0 saturated carbocycles. The molecule has 0 aliphatic heterocycles. The van der Waals surface area contributed by atoms with E-state index in [1.165, 1.54) is 11.1 Å². The molecule has 0 aliphatic rings. The molecule has 0 aliphatic carbocycles. The molecule has 2 heteroatoms. The van der Waals surface area contributed by atoms with Crippen LogP contribution in [0, 0.1) is 13.8 Å². The SMILES string of the molecule is Cc1cccc(C(C)OOC(C)c2cccc(C)c2)c1. The minimum absolute atomic E-state index is 0.0813. The largest absolute Gasteiger partial charge is 0.228 e. The highest BCUT2D eigenvalue weighted by Crippen LogP contribution is 2.23. The van der Waals surface area contributed by atoms with E-state index in [1.807, 2.05) is 26.0 Å². The van der Waals surface area contributed by atoms with Crippen molar-refractivity contribution in [2.45, 2.75) is 39.9 Å². The molecule has 2 aromatic carbocycles. The Morgan fingerprint density at radius 1 is 0.700 bits per heavy atom. The summed E-state index contributed by atoms with van der Waals surface area (Å²) in [7, 11) is 0. The summed E-state index contributed by atoms with van der Waals surface area (Å²) < 4.78 is 0. The molecule has 0 bridgehead atoms. The van der Waals surface area contributed by atoms with Gasteiger partial charge in [-0.25, -0.2) is 9.78 Å². The molecular formula is C18H22O2. The first kappa shape index (κ1) is 14.8. The molecule has 0 heterocycles. The Kier molecular flexibility index (Phi) is 4.94. The molecule has 0 aromatic heterocycles. The third-order valence-corrected chi connectivity index (χ3v) is 3.37. The highest BCUT2D eigenvalue weighted by atomic mass is 17.2. The predicted molar refractivity (Wildman–Crippen MR) is 81.4 cm³/mol. The van der Waals surface area contributed by atoms with Gasteiger partial charge in [-0.3, -0.25) is 0 Å². The first-order valence-electron chi connectivity index (χ1n) is 7.01. The van der Waals surface area contributed by atoms with Crippen molar-refractivity contribution in [3.05, 3.63) is 70.8 Å². The van der Waals surface area contributed by atoms with Crippen molar-refractivity contribution in [3.63, 3.8) is 0 Å². The van der Waals surface area contributed by atoms with E-state index >= 15 is 0 Å². The Morgan fingerprint density at radius 2 is 1.10 bits per heavy atom. The summed E-state index contributed by atoms with van der Waals surface area (Å²) in [5, 5.41) is 0. The number of rotatable bonds is 5. The summed E-state index contributed by atoms with van der Waals surface area (Å²) in [6.45, 7) is 8.15. The Balaban J connectivity index is 1.94. The fourth-order valence-corrected chi connectivity index (χ4v) is 2.12. The van der Waals surface area contributed by atoms with Crippen molar-refractivity contribution < 1.29 is 9.78 Å². The number of benzene rings is 2. The second kappa shape index (κ2) is 6.69. The van der Waals surface area contributed by atoms with Crippen LogP contribution in [0.1, 0.15) is 48.3 Å². The normalized spacial score (nSPS) is 14.0. The monoisotopic (exact) mass is 270 g/mol. The van der Waals surface area contributed by atoms with Crippen LogP contribution in [0.3, 0.4) is 0 Å². The van der Waals surface area contributed by atoms with Crippen molar-refractivity contribution in [1.82, 2.24) is 0 Å². The van der Waals surface area contributed by atoms with Crippen molar-refractivity contribution in [2.75, 3.05) is 0 Å². The van der Waals surface area contributed by atoms with Crippen LogP contribution in [0.25, 0.3) is 0 Å². The van der Waals surface area contributed by atoms with Gasteiger partial charge in [0.25, 0.3) is 0 Å². The Morgan fingerprint density at radius 3 is 1.45 bits per heavy atom. The van der Waals surface area contributed by atoms with Crippen LogP contribution in [-0.4, -0.2) is 0 Å². The Labute approximate surface area is 121 Å². The van der Waals surface area contributed by atoms with E-state index in [-0.39, 0.29) is 12.2 Å². The maximum atomic E-state index is 5.54. The molecule has 20 heavy (non-hydrogen) atoms. The van der Waals surface area contributed by atoms with E-state index in [1.54, 1.807) is 0 Å². The summed E-state index contributed by atoms with van der Waals surface area (Å²) in [5.74, 6) is 0. The molecule has 0 saturated heterocycles. The van der Waals surface area contributed by atoms with E-state index in [2.05, 4.69) is 50.2 Å². The summed E-state index contributed by atoms with van der Waals surface area (Å²) in [4.78, 5) is 11.1. The lowest BCUT2D eigenvalue weighted by molar-refractivity contribution is -0.350. The molecule has 2 nitrogen and oxygen atoms in total. The maximum absolute atomic E-state index is 5.54. The smallest absolute Gasteiger partial charge is 0.115 e. The summed E-state index contributed by atoms with van der Waals surface area (Å²) in [6, 6.07) is 16.6. The fourth-order valence-electron chi connectivity index (χ4n) is 2.12. The van der Waals surface area contributed by atoms with Gasteiger partial charge in [-0.15, -0.1) is 0 Å². The van der Waals surface area contributed by atoms with Crippen LogP contribution in [0.15, 0.2) is 48.5 Å². The molecule has 0 radical (unpaired) electrons. The minimum atomic E-state index is -0.0813. The van der Waals surface area contributed by atoms with Gasteiger partial charge < -0.3 is 0 Å². The van der Waals surface area contributed by atoms with Gasteiger partial charge in [-0.1, -0.05) is 59.7 Å². The van der Waals surface area contributed by atoms with Crippen LogP contribution in [-0.2, 0) is 9.78 Å². The lowest BCUT2D eigenvalue weighted by Crippen LogP contribution is -2.05. The molecule has 2 rings (SSSR count). The quantitative estimate of drug-likeness (QED) is 0.557. The number of aryl methyl sites for hydroxylation is 2. The molecule has 0 amide bonds. The third kappa shape index (κ3) is 3.92. The highest BCUT2D eigenvalue weighted by molar-refractivity contribution is 5.24. The van der Waals surface area contributed by atoms with Gasteiger partial charge in [-0.2, -0.15) is 0 Å². The van der Waals surface area contributed by atoms with E-state index in [9.17, 15) is 0 Å². The van der Waals surface area contributed by atoms with E-state index < -0.39 is 0 Å². The van der Waals surface area contributed by atoms with Gasteiger partial charge in [0.05, 0.1) is 0 Å². The third-order valence-electron chi connectivity index (χ3n) is 3.37. The van der Waals surface area contributed by atoms with Crippen LogP contribution in [0.2, 0.25) is 0 Å². The molecule has 0 spiro atoms. The lowest BCUT2D eigenvalue weighted by Gasteiger charge is -2.17. The second-order valence-electron chi connectivity index (χ2n) is 5.31. The first-order chi connectivity index (χ1) is 9.56. The maximum Gasteiger partial charge on any atom is 0.115 e. The van der Waals surface area contributed by atoms with Gasteiger partial charge in [0.2, 0.25) is 0 Å². The lowest BCUT2D eigenvalue weighted by atomic mass is 10.1. The zero-order valence-corrected chi connectivity index (χ0v) is 12.6. The second-order valence-corrected chi connectivity index (χ2v) is 5.31. The number of hydrogen-bond acceptors (Lipinski definition) is 2. The number of hydrogen-bond donors (Lipinski definition) is 0. The van der Waals surface area contributed by atoms with Gasteiger partial charge in [-0.05, 0) is 38.8 Å². The standard InChI is InChI=1S/C18H22O2/c1-13-7-5-9-17(11-13)15(3)19-20-16(4)18-10-6-8-14(2)12-18/h5-12,15-16H,1-4H3. The van der Waals surface area contributed by atoms with Gasteiger partial charge >= 0.3 is 0 Å². The minimum Gasteiger partial charge on any atom is -0.228 e. The van der Waals surface area contributed by atoms with Crippen molar-refractivity contribution in [3.8, 4) is 0 Å². The summed E-state index contributed by atoms with van der Waals surface area (Å²) in [6.07, 6.45) is -0.163. The Bertz CT molecular complexity index is 511. The molecule has 2 unspecified atom stereocenters. The van der Waals surface area contributed by atoms with E-state index in [0.717, 1.165) is 11.1 Å². The summed E-state index contributed by atoms with van der Waals surface area (Å²) in [5.41, 5.74) is 4.71. The summed E-state index contributed by atoms with van der Waals surface area (Å²) >= 11 is 0. The van der Waals surface area contributed by atoms with E-state index in [0.29, 0.717) is 0 Å². The average molecular weight is 270 g/mol. The van der Waals surface area contributed by atoms with Gasteiger partial charge in [0.15, 0.2) is 0 Å². The molecule has 0 N–H and O–H groups in total. The predicted octanol–water partition coefficient (Wildman–Crippen LogP) is 5.07. The molecule has 106 valence electrons. The fraction of sp³-hybridized carbons (Fsp3) is 0.333. The van der Waals surface area contributed by atoms with Crippen LogP contribution >= 0.6 is 0 Å². The first-order valence-corrected chi connectivity index (χ1v) is 7.01. The topological polar surface area (TPSA) is 18.5 Å². The van der Waals surface area contributed by atoms with Crippen molar-refractivity contribution in [1.29, 1.82) is 0 Å². The van der Waals surface area contributed by atoms with Crippen LogP contribution < -0.4 is 0 Å². The van der Waals surface area contributed by atoms with E-state index in [4.69, 9.17) is 9.78 Å². The highest BCUT2D eigenvalue weighted by Gasteiger charge is 2.11. The molecule has 2 aromatic rings. The Hall–Kier alpha value is -1.64. The zero-order valence-electron chi connectivity index (χ0n) is 12.6. The zero-order chi connectivity index (χ0) is 14.5. The molecule has 0 fully saturated rings. The van der Waals surface area contributed by atoms with Gasteiger partial charge in [0.1, 0.15) is 12.2 Å². The van der Waals surface area contributed by atoms with Crippen LogP contribution in [0.5, 0.6) is 0 Å².